The number of alkyl halides is 1. The van der Waals surface area contributed by atoms with Crippen molar-refractivity contribution >= 4 is 37.8 Å². The van der Waals surface area contributed by atoms with Gasteiger partial charge in [-0.2, -0.15) is 0 Å². The van der Waals surface area contributed by atoms with Crippen molar-refractivity contribution in [3.05, 3.63) is 33.8 Å². The van der Waals surface area contributed by atoms with E-state index in [0.717, 1.165) is 28.6 Å². The third-order valence-corrected chi connectivity index (χ3v) is 5.59. The fourth-order valence-corrected chi connectivity index (χ4v) is 3.86. The van der Waals surface area contributed by atoms with Gasteiger partial charge in [-0.3, -0.25) is 4.79 Å². The Kier molecular flexibility index (Phi) is 5.46. The molecule has 4 heteroatoms. The molecule has 0 radical (unpaired) electrons. The largest absolute Gasteiger partial charge is 0.352 e. The van der Waals surface area contributed by atoms with Gasteiger partial charge in [0.2, 0.25) is 0 Å². The predicted octanol–water partition coefficient (Wildman–Crippen LogP) is 4.44. The number of amides is 1. The average molecular weight is 389 g/mol. The molecule has 1 aliphatic rings. The molecule has 2 unspecified atom stereocenters. The molecule has 104 valence electrons. The van der Waals surface area contributed by atoms with Crippen LogP contribution in [-0.4, -0.2) is 17.3 Å². The standard InChI is InChI=1S/C15H19Br2NO/c1-10-4-2-7-13(14(10)17)15(19)18-9-11-5-3-6-12(16)8-11/h2,4,7,11-12H,3,5-6,8-9H2,1H3,(H,18,19). The number of halogens is 2. The zero-order valence-corrected chi connectivity index (χ0v) is 14.3. The highest BCUT2D eigenvalue weighted by atomic mass is 79.9. The second kappa shape index (κ2) is 6.89. The Morgan fingerprint density at radius 3 is 2.95 bits per heavy atom. The molecular weight excluding hydrogens is 370 g/mol. The van der Waals surface area contributed by atoms with Crippen LogP contribution in [0.2, 0.25) is 0 Å². The maximum Gasteiger partial charge on any atom is 0.252 e. The predicted molar refractivity (Wildman–Crippen MR) is 85.9 cm³/mol. The van der Waals surface area contributed by atoms with Gasteiger partial charge in [-0.1, -0.05) is 34.5 Å². The summed E-state index contributed by atoms with van der Waals surface area (Å²) in [6.45, 7) is 2.78. The number of hydrogen-bond donors (Lipinski definition) is 1. The molecule has 0 saturated heterocycles. The summed E-state index contributed by atoms with van der Waals surface area (Å²) in [6.07, 6.45) is 4.89. The molecule has 0 spiro atoms. The first kappa shape index (κ1) is 15.0. The van der Waals surface area contributed by atoms with E-state index in [-0.39, 0.29) is 5.91 Å². The molecular formula is C15H19Br2NO. The zero-order chi connectivity index (χ0) is 13.8. The minimum atomic E-state index is 0.0206. The Labute approximate surface area is 131 Å². The molecule has 2 atom stereocenters. The van der Waals surface area contributed by atoms with Crippen LogP contribution in [0.3, 0.4) is 0 Å². The summed E-state index contributed by atoms with van der Waals surface area (Å²) in [6, 6.07) is 5.78. The van der Waals surface area contributed by atoms with E-state index in [4.69, 9.17) is 0 Å². The molecule has 1 amide bonds. The summed E-state index contributed by atoms with van der Waals surface area (Å²) >= 11 is 7.17. The van der Waals surface area contributed by atoms with Crippen molar-refractivity contribution in [2.75, 3.05) is 6.54 Å². The number of rotatable bonds is 3. The van der Waals surface area contributed by atoms with E-state index in [2.05, 4.69) is 37.2 Å². The molecule has 1 fully saturated rings. The van der Waals surface area contributed by atoms with Crippen molar-refractivity contribution < 1.29 is 4.79 Å². The van der Waals surface area contributed by atoms with Crippen molar-refractivity contribution in [2.45, 2.75) is 37.4 Å². The third-order valence-electron chi connectivity index (χ3n) is 3.71. The Morgan fingerprint density at radius 2 is 2.21 bits per heavy atom. The van der Waals surface area contributed by atoms with Crippen molar-refractivity contribution in [3.8, 4) is 0 Å². The smallest absolute Gasteiger partial charge is 0.252 e. The lowest BCUT2D eigenvalue weighted by molar-refractivity contribution is 0.0943. The second-order valence-electron chi connectivity index (χ2n) is 5.28. The summed E-state index contributed by atoms with van der Waals surface area (Å²) in [7, 11) is 0. The van der Waals surface area contributed by atoms with E-state index in [9.17, 15) is 4.79 Å². The molecule has 19 heavy (non-hydrogen) atoms. The summed E-state index contributed by atoms with van der Waals surface area (Å²) in [4.78, 5) is 12.8. The molecule has 1 aromatic rings. The van der Waals surface area contributed by atoms with Crippen LogP contribution in [0.25, 0.3) is 0 Å². The summed E-state index contributed by atoms with van der Waals surface area (Å²) in [5.74, 6) is 0.623. The molecule has 0 aromatic heterocycles. The van der Waals surface area contributed by atoms with Gasteiger partial charge in [-0.15, -0.1) is 0 Å². The molecule has 2 nitrogen and oxygen atoms in total. The first-order chi connectivity index (χ1) is 9.08. The Morgan fingerprint density at radius 1 is 1.42 bits per heavy atom. The molecule has 1 N–H and O–H groups in total. The number of aryl methyl sites for hydroxylation is 1. The van der Waals surface area contributed by atoms with Crippen molar-refractivity contribution in [1.82, 2.24) is 5.32 Å². The lowest BCUT2D eigenvalue weighted by Gasteiger charge is -2.25. The number of nitrogens with one attached hydrogen (secondary N) is 1. The third kappa shape index (κ3) is 4.06. The lowest BCUT2D eigenvalue weighted by atomic mass is 9.89. The van der Waals surface area contributed by atoms with Crippen molar-refractivity contribution in [3.63, 3.8) is 0 Å². The van der Waals surface area contributed by atoms with Gasteiger partial charge >= 0.3 is 0 Å². The maximum absolute atomic E-state index is 12.2. The number of carbonyl (C=O) groups excluding carboxylic acids is 1. The second-order valence-corrected chi connectivity index (χ2v) is 7.36. The van der Waals surface area contributed by atoms with Crippen LogP contribution in [0.1, 0.15) is 41.6 Å². The normalized spacial score (nSPS) is 23.1. The van der Waals surface area contributed by atoms with Crippen LogP contribution in [0, 0.1) is 12.8 Å². The highest BCUT2D eigenvalue weighted by molar-refractivity contribution is 9.10. The quantitative estimate of drug-likeness (QED) is 0.762. The van der Waals surface area contributed by atoms with Gasteiger partial charge in [-0.05, 0) is 59.7 Å². The Hall–Kier alpha value is -0.350. The monoisotopic (exact) mass is 387 g/mol. The van der Waals surface area contributed by atoms with Crippen LogP contribution in [0.5, 0.6) is 0 Å². The molecule has 0 aliphatic heterocycles. The van der Waals surface area contributed by atoms with Gasteiger partial charge in [0.05, 0.1) is 5.56 Å². The molecule has 0 heterocycles. The average Bonchev–Trinajstić information content (AvgIpc) is 2.39. The lowest BCUT2D eigenvalue weighted by Crippen LogP contribution is -2.32. The molecule has 2 rings (SSSR count). The fourth-order valence-electron chi connectivity index (χ4n) is 2.57. The summed E-state index contributed by atoms with van der Waals surface area (Å²) < 4.78 is 0.898. The highest BCUT2D eigenvalue weighted by Crippen LogP contribution is 2.28. The van der Waals surface area contributed by atoms with Crippen LogP contribution >= 0.6 is 31.9 Å². The van der Waals surface area contributed by atoms with Gasteiger partial charge in [0.25, 0.3) is 5.91 Å². The minimum Gasteiger partial charge on any atom is -0.352 e. The Bertz CT molecular complexity index is 461. The van der Waals surface area contributed by atoms with Gasteiger partial charge in [0.15, 0.2) is 0 Å². The minimum absolute atomic E-state index is 0.0206. The van der Waals surface area contributed by atoms with Crippen molar-refractivity contribution in [1.29, 1.82) is 0 Å². The van der Waals surface area contributed by atoms with E-state index >= 15 is 0 Å². The molecule has 1 saturated carbocycles. The fraction of sp³-hybridized carbons (Fsp3) is 0.533. The van der Waals surface area contributed by atoms with Gasteiger partial charge in [0.1, 0.15) is 0 Å². The van der Waals surface area contributed by atoms with Gasteiger partial charge < -0.3 is 5.32 Å². The molecule has 1 aromatic carbocycles. The van der Waals surface area contributed by atoms with Crippen LogP contribution in [0.4, 0.5) is 0 Å². The number of carbonyl (C=O) groups is 1. The molecule has 1 aliphatic carbocycles. The summed E-state index contributed by atoms with van der Waals surface area (Å²) in [5.41, 5.74) is 1.82. The SMILES string of the molecule is Cc1cccc(C(=O)NCC2CCCC(Br)C2)c1Br. The van der Waals surface area contributed by atoms with E-state index in [1.165, 1.54) is 19.3 Å². The zero-order valence-electron chi connectivity index (χ0n) is 11.1. The highest BCUT2D eigenvalue weighted by Gasteiger charge is 2.21. The summed E-state index contributed by atoms with van der Waals surface area (Å²) in [5, 5.41) is 3.07. The van der Waals surface area contributed by atoms with E-state index < -0.39 is 0 Å². The topological polar surface area (TPSA) is 29.1 Å². The first-order valence-corrected chi connectivity index (χ1v) is 8.46. The number of hydrogen-bond acceptors (Lipinski definition) is 1. The Balaban J connectivity index is 1.92. The van der Waals surface area contributed by atoms with E-state index in [1.54, 1.807) is 0 Å². The van der Waals surface area contributed by atoms with Gasteiger partial charge in [-0.25, -0.2) is 0 Å². The van der Waals surface area contributed by atoms with Gasteiger partial charge in [0, 0.05) is 15.8 Å². The van der Waals surface area contributed by atoms with E-state index in [0.29, 0.717) is 10.7 Å². The van der Waals surface area contributed by atoms with Crippen LogP contribution in [0.15, 0.2) is 22.7 Å². The first-order valence-electron chi connectivity index (χ1n) is 6.75. The van der Waals surface area contributed by atoms with E-state index in [1.807, 2.05) is 25.1 Å². The number of benzene rings is 1. The van der Waals surface area contributed by atoms with Crippen LogP contribution < -0.4 is 5.32 Å². The van der Waals surface area contributed by atoms with Crippen LogP contribution in [-0.2, 0) is 0 Å². The van der Waals surface area contributed by atoms with Crippen molar-refractivity contribution in [2.24, 2.45) is 5.92 Å². The molecule has 0 bridgehead atoms. The maximum atomic E-state index is 12.2.